The van der Waals surface area contributed by atoms with E-state index in [0.29, 0.717) is 24.4 Å². The number of nitrogens with two attached hydrogens (primary N) is 1. The third kappa shape index (κ3) is 4.00. The molecule has 0 unspecified atom stereocenters. The van der Waals surface area contributed by atoms with Crippen molar-refractivity contribution in [3.63, 3.8) is 0 Å². The normalized spacial score (nSPS) is 11.9. The zero-order valence-corrected chi connectivity index (χ0v) is 13.8. The van der Waals surface area contributed by atoms with E-state index in [2.05, 4.69) is 5.32 Å². The van der Waals surface area contributed by atoms with Crippen molar-refractivity contribution in [2.45, 2.75) is 13.1 Å². The Morgan fingerprint density at radius 1 is 1.08 bits per heavy atom. The van der Waals surface area contributed by atoms with Crippen molar-refractivity contribution >= 4 is 11.9 Å². The smallest absolute Gasteiger partial charge is 0.312 e. The van der Waals surface area contributed by atoms with Crippen LogP contribution in [0.2, 0.25) is 0 Å². The molecule has 7 nitrogen and oxygen atoms in total. The molecule has 1 heterocycles. The first-order chi connectivity index (χ1) is 12.0. The molecule has 3 amide bonds. The SMILES string of the molecule is CN(Cc1ccc2c(c1)OCO2)C(=O)c1ccc(CNC(N)=O)cc1. The molecule has 0 radical (unpaired) electrons. The van der Waals surface area contributed by atoms with E-state index in [0.717, 1.165) is 16.9 Å². The summed E-state index contributed by atoms with van der Waals surface area (Å²) in [6.07, 6.45) is 0. The Labute approximate surface area is 145 Å². The molecule has 1 aliphatic rings. The number of benzene rings is 2. The molecular weight excluding hydrogens is 322 g/mol. The van der Waals surface area contributed by atoms with Gasteiger partial charge in [-0.2, -0.15) is 0 Å². The first kappa shape index (κ1) is 16.6. The van der Waals surface area contributed by atoms with Crippen LogP contribution in [0.5, 0.6) is 11.5 Å². The van der Waals surface area contributed by atoms with Gasteiger partial charge in [0.2, 0.25) is 6.79 Å². The molecule has 2 aromatic rings. The average Bonchev–Trinajstić information content (AvgIpc) is 3.07. The second kappa shape index (κ2) is 7.12. The van der Waals surface area contributed by atoms with Gasteiger partial charge in [0.1, 0.15) is 0 Å². The van der Waals surface area contributed by atoms with E-state index in [1.807, 2.05) is 18.2 Å². The Bertz CT molecular complexity index is 789. The van der Waals surface area contributed by atoms with Gasteiger partial charge >= 0.3 is 6.03 Å². The number of hydrogen-bond acceptors (Lipinski definition) is 4. The standard InChI is InChI=1S/C18H19N3O4/c1-21(10-13-4-7-15-16(8-13)25-11-24-15)17(22)14-5-2-12(3-6-14)9-20-18(19)23/h2-8H,9-11H2,1H3,(H3,19,20,23). The first-order valence-electron chi connectivity index (χ1n) is 7.79. The summed E-state index contributed by atoms with van der Waals surface area (Å²) in [5.74, 6) is 1.33. The van der Waals surface area contributed by atoms with Crippen LogP contribution >= 0.6 is 0 Å². The number of ether oxygens (including phenoxy) is 2. The summed E-state index contributed by atoms with van der Waals surface area (Å²) in [6, 6.07) is 12.1. The lowest BCUT2D eigenvalue weighted by atomic mass is 10.1. The Kier molecular flexibility index (Phi) is 4.74. The number of fused-ring (bicyclic) bond motifs is 1. The highest BCUT2D eigenvalue weighted by Crippen LogP contribution is 2.32. The van der Waals surface area contributed by atoms with E-state index in [1.54, 1.807) is 36.2 Å². The summed E-state index contributed by atoms with van der Waals surface area (Å²) >= 11 is 0. The molecule has 7 heteroatoms. The minimum atomic E-state index is -0.580. The second-order valence-electron chi connectivity index (χ2n) is 5.76. The molecule has 0 bridgehead atoms. The average molecular weight is 341 g/mol. The van der Waals surface area contributed by atoms with Gasteiger partial charge in [-0.15, -0.1) is 0 Å². The van der Waals surface area contributed by atoms with Gasteiger partial charge in [-0.3, -0.25) is 4.79 Å². The van der Waals surface area contributed by atoms with Crippen LogP contribution < -0.4 is 20.5 Å². The molecule has 0 saturated carbocycles. The monoisotopic (exact) mass is 341 g/mol. The lowest BCUT2D eigenvalue weighted by Crippen LogP contribution is -2.28. The molecule has 130 valence electrons. The highest BCUT2D eigenvalue weighted by atomic mass is 16.7. The van der Waals surface area contributed by atoms with E-state index in [1.165, 1.54) is 0 Å². The number of nitrogens with zero attached hydrogens (tertiary/aromatic N) is 1. The number of primary amides is 1. The van der Waals surface area contributed by atoms with Crippen molar-refractivity contribution in [2.24, 2.45) is 5.73 Å². The summed E-state index contributed by atoms with van der Waals surface area (Å²) in [5.41, 5.74) is 7.44. The predicted octanol–water partition coefficient (Wildman–Crippen LogP) is 1.86. The van der Waals surface area contributed by atoms with E-state index in [9.17, 15) is 9.59 Å². The lowest BCUT2D eigenvalue weighted by molar-refractivity contribution is 0.0785. The van der Waals surface area contributed by atoms with Gasteiger partial charge < -0.3 is 25.4 Å². The number of carbonyl (C=O) groups excluding carboxylic acids is 2. The summed E-state index contributed by atoms with van der Waals surface area (Å²) in [7, 11) is 1.75. The molecule has 0 fully saturated rings. The van der Waals surface area contributed by atoms with Crippen molar-refractivity contribution in [3.8, 4) is 11.5 Å². The van der Waals surface area contributed by atoms with Crippen molar-refractivity contribution in [2.75, 3.05) is 13.8 Å². The molecule has 0 spiro atoms. The zero-order chi connectivity index (χ0) is 17.8. The van der Waals surface area contributed by atoms with Crippen molar-refractivity contribution in [1.29, 1.82) is 0 Å². The van der Waals surface area contributed by atoms with Crippen molar-refractivity contribution in [1.82, 2.24) is 10.2 Å². The summed E-state index contributed by atoms with van der Waals surface area (Å²) in [6.45, 7) is 1.02. The molecule has 3 rings (SSSR count). The minimum Gasteiger partial charge on any atom is -0.454 e. The molecule has 3 N–H and O–H groups in total. The largest absolute Gasteiger partial charge is 0.454 e. The topological polar surface area (TPSA) is 93.9 Å². The number of amides is 3. The molecule has 0 aromatic heterocycles. The van der Waals surface area contributed by atoms with Gasteiger partial charge in [0.25, 0.3) is 5.91 Å². The Balaban J connectivity index is 1.62. The highest BCUT2D eigenvalue weighted by Gasteiger charge is 2.16. The first-order valence-corrected chi connectivity index (χ1v) is 7.79. The molecule has 0 saturated heterocycles. The van der Waals surface area contributed by atoms with E-state index < -0.39 is 6.03 Å². The number of urea groups is 1. The van der Waals surface area contributed by atoms with Crippen LogP contribution in [0.1, 0.15) is 21.5 Å². The third-order valence-corrected chi connectivity index (χ3v) is 3.87. The fourth-order valence-corrected chi connectivity index (χ4v) is 2.56. The van der Waals surface area contributed by atoms with Crippen LogP contribution in [0.4, 0.5) is 4.79 Å². The number of rotatable bonds is 5. The van der Waals surface area contributed by atoms with Crippen molar-refractivity contribution in [3.05, 3.63) is 59.2 Å². The maximum absolute atomic E-state index is 12.5. The molecule has 1 aliphatic heterocycles. The number of nitrogens with one attached hydrogen (secondary N) is 1. The van der Waals surface area contributed by atoms with Crippen LogP contribution in [0.25, 0.3) is 0 Å². The fourth-order valence-electron chi connectivity index (χ4n) is 2.56. The van der Waals surface area contributed by atoms with E-state index in [-0.39, 0.29) is 12.7 Å². The third-order valence-electron chi connectivity index (χ3n) is 3.87. The Morgan fingerprint density at radius 3 is 2.48 bits per heavy atom. The molecule has 0 atom stereocenters. The van der Waals surface area contributed by atoms with Gasteiger partial charge in [-0.1, -0.05) is 18.2 Å². The molecule has 2 aromatic carbocycles. The number of carbonyl (C=O) groups is 2. The van der Waals surface area contributed by atoms with Gasteiger partial charge in [-0.25, -0.2) is 4.79 Å². The zero-order valence-electron chi connectivity index (χ0n) is 13.8. The summed E-state index contributed by atoms with van der Waals surface area (Å²) in [5, 5.41) is 2.51. The summed E-state index contributed by atoms with van der Waals surface area (Å²) in [4.78, 5) is 24.9. The predicted molar refractivity (Wildman–Crippen MR) is 91.2 cm³/mol. The van der Waals surface area contributed by atoms with E-state index in [4.69, 9.17) is 15.2 Å². The van der Waals surface area contributed by atoms with Crippen LogP contribution in [-0.4, -0.2) is 30.7 Å². The fraction of sp³-hybridized carbons (Fsp3) is 0.222. The second-order valence-corrected chi connectivity index (χ2v) is 5.76. The van der Waals surface area contributed by atoms with Crippen LogP contribution in [-0.2, 0) is 13.1 Å². The minimum absolute atomic E-state index is 0.0907. The van der Waals surface area contributed by atoms with E-state index >= 15 is 0 Å². The maximum Gasteiger partial charge on any atom is 0.312 e. The Morgan fingerprint density at radius 2 is 1.76 bits per heavy atom. The highest BCUT2D eigenvalue weighted by molar-refractivity contribution is 5.94. The quantitative estimate of drug-likeness (QED) is 0.868. The van der Waals surface area contributed by atoms with Crippen molar-refractivity contribution < 1.29 is 19.1 Å². The van der Waals surface area contributed by atoms with Gasteiger partial charge in [-0.05, 0) is 35.4 Å². The molecule has 25 heavy (non-hydrogen) atoms. The van der Waals surface area contributed by atoms with Gasteiger partial charge in [0.15, 0.2) is 11.5 Å². The van der Waals surface area contributed by atoms with Crippen LogP contribution in [0.15, 0.2) is 42.5 Å². The summed E-state index contributed by atoms with van der Waals surface area (Å²) < 4.78 is 10.6. The van der Waals surface area contributed by atoms with Crippen LogP contribution in [0, 0.1) is 0 Å². The van der Waals surface area contributed by atoms with Crippen LogP contribution in [0.3, 0.4) is 0 Å². The Hall–Kier alpha value is -3.22. The maximum atomic E-state index is 12.5. The molecule has 0 aliphatic carbocycles. The lowest BCUT2D eigenvalue weighted by Gasteiger charge is -2.18. The molecular formula is C18H19N3O4. The van der Waals surface area contributed by atoms with Gasteiger partial charge in [0.05, 0.1) is 0 Å². The van der Waals surface area contributed by atoms with Gasteiger partial charge in [0, 0.05) is 25.7 Å². The number of hydrogen-bond donors (Lipinski definition) is 2.